The number of imidazole rings is 3. The first-order valence-corrected chi connectivity index (χ1v) is 59.6. The van der Waals surface area contributed by atoms with Gasteiger partial charge >= 0.3 is 0 Å². The molecule has 147 heavy (non-hydrogen) atoms. The van der Waals surface area contributed by atoms with Crippen LogP contribution in [0.2, 0.25) is 0 Å². The summed E-state index contributed by atoms with van der Waals surface area (Å²) in [5, 5.41) is 24.3. The van der Waals surface area contributed by atoms with Crippen molar-refractivity contribution in [2.75, 3.05) is 0 Å². The Balaban J connectivity index is 0.0000000999. The van der Waals surface area contributed by atoms with Crippen molar-refractivity contribution in [1.82, 2.24) is 28.2 Å². The third kappa shape index (κ3) is 11.2. The molecule has 27 aromatic rings. The first kappa shape index (κ1) is 84.9. The van der Waals surface area contributed by atoms with Gasteiger partial charge < -0.3 is 27.4 Å². The fourth-order valence-electron chi connectivity index (χ4n) is 25.5. The summed E-state index contributed by atoms with van der Waals surface area (Å²) in [6, 6.07) is 159. The Morgan fingerprint density at radius 3 is 0.864 bits per heavy atom. The van der Waals surface area contributed by atoms with Crippen LogP contribution in [0.4, 0.5) is 0 Å². The summed E-state index contributed by atoms with van der Waals surface area (Å²) in [4.78, 5) is 15.8. The molecule has 6 aliphatic heterocycles. The van der Waals surface area contributed by atoms with E-state index in [9.17, 15) is 0 Å². The molecule has 33 rings (SSSR count). The minimum absolute atomic E-state index is 0.749. The van der Waals surface area contributed by atoms with Crippen molar-refractivity contribution in [3.8, 4) is 66.8 Å². The number of para-hydroxylation sites is 3. The quantitative estimate of drug-likeness (QED) is 0.117. The molecule has 18 heteroatoms. The molecule has 0 bridgehead atoms. The van der Waals surface area contributed by atoms with Gasteiger partial charge in [-0.15, -0.1) is 0 Å². The molecule has 0 saturated heterocycles. The zero-order valence-corrected chi connectivity index (χ0v) is 83.7. The van der Waals surface area contributed by atoms with Gasteiger partial charge in [0.15, 0.2) is 42.9 Å². The van der Waals surface area contributed by atoms with Crippen molar-refractivity contribution in [3.63, 3.8) is 0 Å². The highest BCUT2D eigenvalue weighted by atomic mass is 31.2. The number of pyridine rings is 3. The van der Waals surface area contributed by atoms with E-state index < -0.39 is 42.9 Å². The average molecular weight is 1990 g/mol. The van der Waals surface area contributed by atoms with Crippen LogP contribution < -0.4 is 95.5 Å². The molecular formula is C129H78N6O6P6. The predicted octanol–water partition coefficient (Wildman–Crippen LogP) is 24.1. The van der Waals surface area contributed by atoms with Gasteiger partial charge in [-0.1, -0.05) is 388 Å². The third-order valence-corrected chi connectivity index (χ3v) is 50.7. The molecule has 690 valence electrons. The Morgan fingerprint density at radius 2 is 0.422 bits per heavy atom. The minimum Gasteiger partial charge on any atom is -0.309 e. The predicted molar refractivity (Wildman–Crippen MR) is 613 cm³/mol. The molecule has 0 atom stereocenters. The lowest BCUT2D eigenvalue weighted by Crippen LogP contribution is -2.22. The van der Waals surface area contributed by atoms with Gasteiger partial charge in [0, 0.05) is 128 Å². The summed E-state index contributed by atoms with van der Waals surface area (Å²) in [6.45, 7) is 0. The van der Waals surface area contributed by atoms with Crippen LogP contribution in [-0.4, -0.2) is 28.2 Å². The zero-order valence-electron chi connectivity index (χ0n) is 78.3. The van der Waals surface area contributed by atoms with Crippen molar-refractivity contribution in [2.45, 2.75) is 0 Å². The van der Waals surface area contributed by atoms with Crippen LogP contribution in [0.25, 0.3) is 182 Å². The minimum atomic E-state index is -3.28. The molecule has 0 amide bonds. The largest absolute Gasteiger partial charge is 0.309 e. The number of rotatable bonds is 6. The molecule has 0 radical (unpaired) electrons. The second-order valence-corrected chi connectivity index (χ2v) is 55.0. The summed E-state index contributed by atoms with van der Waals surface area (Å²) >= 11 is 0. The van der Waals surface area contributed by atoms with Gasteiger partial charge in [-0.2, -0.15) is 0 Å². The van der Waals surface area contributed by atoms with Crippen LogP contribution in [-0.2, 0) is 27.4 Å². The fourth-order valence-corrected chi connectivity index (χ4v) is 44.3. The second kappa shape index (κ2) is 31.0. The van der Waals surface area contributed by atoms with Crippen LogP contribution in [0.3, 0.4) is 0 Å². The third-order valence-electron chi connectivity index (χ3n) is 31.8. The SMILES string of the molecule is O=P1(c2ccc3c(c2)nc2c4ccccc4c4cc(P5(=O)c6ccccc6-c6ccccc65)ccc4n32)c2ccccc2-c2ccccc21.O=P1(c2ccc3c4ccccc4n4c(nc5cccc(P6(=O)c7ccccc7-c7ccccc76)c54)c3c2)c2ccccc2-c2ccccc21.O=P1(c2ccc3nc4c5c(P6(=O)c7ccccc7-c7ccccc76)cccc5c5ccccc5n4c3c2)c2ccccc2-c2ccccc21. The van der Waals surface area contributed by atoms with Gasteiger partial charge in [0.2, 0.25) is 0 Å². The summed E-state index contributed by atoms with van der Waals surface area (Å²) < 4.78 is 100.0. The van der Waals surface area contributed by atoms with Crippen molar-refractivity contribution < 1.29 is 27.4 Å². The number of aromatic nitrogens is 6. The van der Waals surface area contributed by atoms with Gasteiger partial charge in [0.05, 0.1) is 49.7 Å². The van der Waals surface area contributed by atoms with Crippen LogP contribution in [0, 0.1) is 0 Å². The standard InChI is InChI=1S/3C43H26N2O2P2/c46-48(37-19-7-2-13-30(37)31-14-3-8-20-38(31)48)27-24-25-28-29-12-1-6-18-36(29)45-42-35(44-43(45)34(28)26-27)17-11-23-41(42)49(47)39-21-9-4-15-32(39)33-16-5-10-22-40(33)49;46-48(37-19-7-2-13-29(37)30-14-3-8-20-38(30)48)27-24-25-34-36(26-27)45-35-18-6-1-12-28(35)33-17-11-23-41(42(33)43(45)44-34)49(47)39-21-9-4-15-31(39)32-16-5-10-22-40(32)49;46-48(39-17-7-3-12-30(39)31-13-4-8-18-40(31)48)27-21-23-37-35(25-27)29-11-1-2-16-34(29)43-44-36-26-28(22-24-38(36)45(37)43)49(47)41-19-9-5-14-32(41)33-15-6-10-20-42(33)49/h3*1-26H. The summed E-state index contributed by atoms with van der Waals surface area (Å²) in [5.74, 6) is 0. The molecule has 6 aliphatic rings. The molecule has 12 heterocycles. The van der Waals surface area contributed by atoms with Gasteiger partial charge in [-0.25, -0.2) is 15.0 Å². The van der Waals surface area contributed by atoms with Gasteiger partial charge in [-0.3, -0.25) is 13.2 Å². The molecule has 0 N–H and O–H groups in total. The Kier molecular flexibility index (Phi) is 17.9. The molecular weight excluding hydrogens is 1920 g/mol. The summed E-state index contributed by atoms with van der Waals surface area (Å²) in [5.41, 5.74) is 22.8. The highest BCUT2D eigenvalue weighted by Gasteiger charge is 2.48. The average Bonchev–Trinajstić information content (AvgIpc) is 1.28. The monoisotopic (exact) mass is 1990 g/mol. The van der Waals surface area contributed by atoms with E-state index in [1.165, 1.54) is 0 Å². The molecule has 0 aliphatic carbocycles. The number of benzene rings is 21. The smallest absolute Gasteiger partial charge is 0.174 e. The first-order valence-electron chi connectivity index (χ1n) is 49.3. The summed E-state index contributed by atoms with van der Waals surface area (Å²) in [6.07, 6.45) is 0. The van der Waals surface area contributed by atoms with E-state index in [1.807, 2.05) is 303 Å². The number of hydrogen-bond donors (Lipinski definition) is 0. The molecule has 0 spiro atoms. The van der Waals surface area contributed by atoms with Crippen LogP contribution >= 0.6 is 42.9 Å². The Bertz CT molecular complexity index is 10800. The highest BCUT2D eigenvalue weighted by Crippen LogP contribution is 2.61. The topological polar surface area (TPSA) is 154 Å². The number of nitrogens with zero attached hydrogens (tertiary/aromatic N) is 6. The Hall–Kier alpha value is -16.6. The molecule has 6 aromatic heterocycles. The summed E-state index contributed by atoms with van der Waals surface area (Å²) in [7, 11) is -19.1. The van der Waals surface area contributed by atoms with E-state index in [-0.39, 0.29) is 0 Å². The van der Waals surface area contributed by atoms with Crippen LogP contribution in [0.5, 0.6) is 0 Å². The van der Waals surface area contributed by atoms with Crippen molar-refractivity contribution >= 4 is 253 Å². The molecule has 0 fully saturated rings. The van der Waals surface area contributed by atoms with E-state index in [4.69, 9.17) is 15.0 Å². The second-order valence-electron chi connectivity index (χ2n) is 38.9. The number of fused-ring (bicyclic) bond motifs is 42. The Labute approximate surface area is 842 Å². The van der Waals surface area contributed by atoms with E-state index in [0.717, 1.165) is 277 Å². The van der Waals surface area contributed by atoms with Crippen molar-refractivity contribution in [2.24, 2.45) is 0 Å². The highest BCUT2D eigenvalue weighted by molar-refractivity contribution is 7.89. The Morgan fingerprint density at radius 1 is 0.150 bits per heavy atom. The molecule has 0 saturated carbocycles. The van der Waals surface area contributed by atoms with E-state index in [1.54, 1.807) is 0 Å². The lowest BCUT2D eigenvalue weighted by atomic mass is 10.1. The normalized spacial score (nSPS) is 15.0. The van der Waals surface area contributed by atoms with E-state index in [2.05, 4.69) is 183 Å². The molecule has 12 nitrogen and oxygen atoms in total. The maximum atomic E-state index is 15.9. The van der Waals surface area contributed by atoms with E-state index >= 15 is 27.4 Å². The van der Waals surface area contributed by atoms with Gasteiger partial charge in [-0.05, 0) is 168 Å². The van der Waals surface area contributed by atoms with Gasteiger partial charge in [0.25, 0.3) is 0 Å². The molecule has 21 aromatic carbocycles. The fraction of sp³-hybridized carbons (Fsp3) is 0. The van der Waals surface area contributed by atoms with Crippen LogP contribution in [0.1, 0.15) is 0 Å². The van der Waals surface area contributed by atoms with Crippen molar-refractivity contribution in [1.29, 1.82) is 0 Å². The zero-order chi connectivity index (χ0) is 97.5. The van der Waals surface area contributed by atoms with Crippen LogP contribution in [0.15, 0.2) is 473 Å². The maximum Gasteiger partial charge on any atom is 0.174 e. The number of hydrogen-bond acceptors (Lipinski definition) is 9. The lowest BCUT2D eigenvalue weighted by molar-refractivity contribution is 0.592. The lowest BCUT2D eigenvalue weighted by Gasteiger charge is -2.19. The van der Waals surface area contributed by atoms with Gasteiger partial charge in [0.1, 0.15) is 16.9 Å². The maximum absolute atomic E-state index is 15.9. The first-order chi connectivity index (χ1) is 72.2. The van der Waals surface area contributed by atoms with E-state index in [0.29, 0.717) is 0 Å². The molecule has 0 unspecified atom stereocenters. The van der Waals surface area contributed by atoms with Crippen molar-refractivity contribution in [3.05, 3.63) is 473 Å².